The standard InChI is InChI=1S/C14H17BrFN5/c1-8-6-21(7-9(2)17-8)14-18-13(19-20-14)10-3-4-12(16)11(15)5-10/h3-5,8-9,17H,6-7H2,1-2H3,(H,18,19,20). The number of hydrogen-bond acceptors (Lipinski definition) is 4. The van der Waals surface area contributed by atoms with Crippen molar-refractivity contribution >= 4 is 21.9 Å². The van der Waals surface area contributed by atoms with E-state index in [-0.39, 0.29) is 5.82 Å². The SMILES string of the molecule is CC1CN(c2n[nH]c(-c3ccc(F)c(Br)c3)n2)CC(C)N1. The zero-order valence-electron chi connectivity index (χ0n) is 11.9. The summed E-state index contributed by atoms with van der Waals surface area (Å²) in [5.41, 5.74) is 0.804. The highest BCUT2D eigenvalue weighted by atomic mass is 79.9. The number of rotatable bonds is 2. The molecule has 2 aromatic rings. The highest BCUT2D eigenvalue weighted by Gasteiger charge is 2.23. The van der Waals surface area contributed by atoms with Gasteiger partial charge >= 0.3 is 0 Å². The van der Waals surface area contributed by atoms with Gasteiger partial charge in [0.05, 0.1) is 4.47 Å². The lowest BCUT2D eigenvalue weighted by Gasteiger charge is -2.35. The molecular weight excluding hydrogens is 337 g/mol. The van der Waals surface area contributed by atoms with E-state index in [4.69, 9.17) is 0 Å². The van der Waals surface area contributed by atoms with Crippen molar-refractivity contribution in [3.8, 4) is 11.4 Å². The Balaban J connectivity index is 1.84. The molecular formula is C14H17BrFN5. The Bertz CT molecular complexity index is 634. The Labute approximate surface area is 131 Å². The summed E-state index contributed by atoms with van der Waals surface area (Å²) in [5, 5.41) is 10.7. The number of anilines is 1. The lowest BCUT2D eigenvalue weighted by molar-refractivity contribution is 0.403. The maximum absolute atomic E-state index is 13.3. The van der Waals surface area contributed by atoms with Crippen LogP contribution in [0.4, 0.5) is 10.3 Å². The first-order valence-corrected chi connectivity index (χ1v) is 7.71. The summed E-state index contributed by atoms with van der Waals surface area (Å²) in [7, 11) is 0. The molecule has 1 saturated heterocycles. The summed E-state index contributed by atoms with van der Waals surface area (Å²) in [5.74, 6) is 1.04. The minimum Gasteiger partial charge on any atom is -0.336 e. The van der Waals surface area contributed by atoms with Crippen molar-refractivity contribution in [1.29, 1.82) is 0 Å². The van der Waals surface area contributed by atoms with Gasteiger partial charge in [-0.2, -0.15) is 4.98 Å². The van der Waals surface area contributed by atoms with Crippen molar-refractivity contribution in [3.05, 3.63) is 28.5 Å². The predicted molar refractivity (Wildman–Crippen MR) is 83.7 cm³/mol. The smallest absolute Gasteiger partial charge is 0.245 e. The number of piperazine rings is 1. The van der Waals surface area contributed by atoms with E-state index in [0.717, 1.165) is 18.7 Å². The van der Waals surface area contributed by atoms with Crippen LogP contribution in [-0.2, 0) is 0 Å². The lowest BCUT2D eigenvalue weighted by Crippen LogP contribution is -2.54. The molecule has 2 N–H and O–H groups in total. The van der Waals surface area contributed by atoms with E-state index in [1.54, 1.807) is 12.1 Å². The summed E-state index contributed by atoms with van der Waals surface area (Å²) >= 11 is 3.19. The number of aromatic amines is 1. The van der Waals surface area contributed by atoms with Gasteiger partial charge in [-0.15, -0.1) is 5.10 Å². The maximum atomic E-state index is 13.3. The summed E-state index contributed by atoms with van der Waals surface area (Å²) in [6.07, 6.45) is 0. The number of hydrogen-bond donors (Lipinski definition) is 2. The van der Waals surface area contributed by atoms with Crippen LogP contribution in [0.2, 0.25) is 0 Å². The first-order valence-electron chi connectivity index (χ1n) is 6.92. The third-order valence-electron chi connectivity index (χ3n) is 3.51. The monoisotopic (exact) mass is 353 g/mol. The molecule has 0 amide bonds. The molecule has 2 unspecified atom stereocenters. The Morgan fingerprint density at radius 2 is 2.00 bits per heavy atom. The molecule has 0 radical (unpaired) electrons. The molecule has 112 valence electrons. The summed E-state index contributed by atoms with van der Waals surface area (Å²) in [6, 6.07) is 5.60. The van der Waals surface area contributed by atoms with Crippen molar-refractivity contribution in [2.75, 3.05) is 18.0 Å². The van der Waals surface area contributed by atoms with Crippen LogP contribution in [0.15, 0.2) is 22.7 Å². The second-order valence-corrected chi connectivity index (χ2v) is 6.34. The van der Waals surface area contributed by atoms with Gasteiger partial charge in [0, 0.05) is 30.7 Å². The molecule has 1 aromatic heterocycles. The van der Waals surface area contributed by atoms with Gasteiger partial charge < -0.3 is 10.2 Å². The largest absolute Gasteiger partial charge is 0.336 e. The van der Waals surface area contributed by atoms with Crippen LogP contribution in [0.1, 0.15) is 13.8 Å². The second kappa shape index (κ2) is 5.73. The van der Waals surface area contributed by atoms with Gasteiger partial charge in [0.15, 0.2) is 5.82 Å². The van der Waals surface area contributed by atoms with E-state index in [9.17, 15) is 4.39 Å². The van der Waals surface area contributed by atoms with E-state index in [1.165, 1.54) is 6.07 Å². The van der Waals surface area contributed by atoms with Crippen LogP contribution in [0.3, 0.4) is 0 Å². The number of aromatic nitrogens is 3. The summed E-state index contributed by atoms with van der Waals surface area (Å²) in [6.45, 7) is 6.03. The van der Waals surface area contributed by atoms with E-state index in [2.05, 4.69) is 55.2 Å². The average Bonchev–Trinajstić information content (AvgIpc) is 2.90. The summed E-state index contributed by atoms with van der Waals surface area (Å²) < 4.78 is 13.7. The molecule has 0 bridgehead atoms. The first kappa shape index (κ1) is 14.5. The van der Waals surface area contributed by atoms with Gasteiger partial charge in [-0.3, -0.25) is 5.10 Å². The van der Waals surface area contributed by atoms with Crippen molar-refractivity contribution in [2.24, 2.45) is 0 Å². The minimum absolute atomic E-state index is 0.289. The maximum Gasteiger partial charge on any atom is 0.245 e. The highest BCUT2D eigenvalue weighted by Crippen LogP contribution is 2.24. The Kier molecular flexibility index (Phi) is 3.95. The van der Waals surface area contributed by atoms with Crippen LogP contribution in [0, 0.1) is 5.82 Å². The number of halogens is 2. The van der Waals surface area contributed by atoms with Crippen molar-refractivity contribution < 1.29 is 4.39 Å². The fourth-order valence-electron chi connectivity index (χ4n) is 2.66. The molecule has 1 aliphatic heterocycles. The van der Waals surface area contributed by atoms with Crippen LogP contribution < -0.4 is 10.2 Å². The van der Waals surface area contributed by atoms with Gasteiger partial charge in [-0.25, -0.2) is 4.39 Å². The van der Waals surface area contributed by atoms with E-state index in [0.29, 0.717) is 28.3 Å². The average molecular weight is 354 g/mol. The van der Waals surface area contributed by atoms with Gasteiger partial charge in [-0.1, -0.05) is 0 Å². The quantitative estimate of drug-likeness (QED) is 0.871. The number of H-pyrrole nitrogens is 1. The normalized spacial score (nSPS) is 22.6. The zero-order valence-corrected chi connectivity index (χ0v) is 13.5. The molecule has 5 nitrogen and oxygen atoms in total. The highest BCUT2D eigenvalue weighted by molar-refractivity contribution is 9.10. The van der Waals surface area contributed by atoms with Crippen molar-refractivity contribution in [3.63, 3.8) is 0 Å². The van der Waals surface area contributed by atoms with Gasteiger partial charge in [0.1, 0.15) is 5.82 Å². The third-order valence-corrected chi connectivity index (χ3v) is 4.11. The topological polar surface area (TPSA) is 56.8 Å². The van der Waals surface area contributed by atoms with E-state index >= 15 is 0 Å². The molecule has 1 fully saturated rings. The molecule has 21 heavy (non-hydrogen) atoms. The van der Waals surface area contributed by atoms with Crippen LogP contribution in [0.5, 0.6) is 0 Å². The number of nitrogens with one attached hydrogen (secondary N) is 2. The first-order chi connectivity index (χ1) is 10.0. The summed E-state index contributed by atoms with van der Waals surface area (Å²) in [4.78, 5) is 6.69. The predicted octanol–water partition coefficient (Wildman–Crippen LogP) is 2.56. The fourth-order valence-corrected chi connectivity index (χ4v) is 3.04. The lowest BCUT2D eigenvalue weighted by atomic mass is 10.1. The molecule has 2 heterocycles. The number of nitrogens with zero attached hydrogens (tertiary/aromatic N) is 3. The zero-order chi connectivity index (χ0) is 15.0. The Morgan fingerprint density at radius 1 is 1.29 bits per heavy atom. The van der Waals surface area contributed by atoms with Crippen LogP contribution in [0.25, 0.3) is 11.4 Å². The molecule has 0 saturated carbocycles. The van der Waals surface area contributed by atoms with Crippen molar-refractivity contribution in [2.45, 2.75) is 25.9 Å². The Morgan fingerprint density at radius 3 is 2.67 bits per heavy atom. The van der Waals surface area contributed by atoms with Gasteiger partial charge in [0.25, 0.3) is 0 Å². The van der Waals surface area contributed by atoms with Gasteiger partial charge in [0.2, 0.25) is 5.95 Å². The second-order valence-electron chi connectivity index (χ2n) is 5.49. The molecule has 1 aliphatic rings. The number of benzene rings is 1. The molecule has 2 atom stereocenters. The van der Waals surface area contributed by atoms with Crippen molar-refractivity contribution in [1.82, 2.24) is 20.5 Å². The third kappa shape index (κ3) is 3.08. The van der Waals surface area contributed by atoms with E-state index < -0.39 is 0 Å². The fraction of sp³-hybridized carbons (Fsp3) is 0.429. The van der Waals surface area contributed by atoms with Crippen LogP contribution >= 0.6 is 15.9 Å². The minimum atomic E-state index is -0.289. The molecule has 0 spiro atoms. The molecule has 3 rings (SSSR count). The van der Waals surface area contributed by atoms with Gasteiger partial charge in [-0.05, 0) is 48.0 Å². The van der Waals surface area contributed by atoms with Crippen LogP contribution in [-0.4, -0.2) is 40.4 Å². The Hall–Kier alpha value is -1.47. The molecule has 0 aliphatic carbocycles. The van der Waals surface area contributed by atoms with E-state index in [1.807, 2.05) is 0 Å². The molecule has 7 heteroatoms. The molecule has 1 aromatic carbocycles.